The predicted octanol–water partition coefficient (Wildman–Crippen LogP) is 2.72. The maximum atomic E-state index is 5.76. The average Bonchev–Trinajstić information content (AvgIpc) is 2.74. The van der Waals surface area contributed by atoms with Crippen molar-refractivity contribution in [2.75, 3.05) is 12.8 Å². The fraction of sp³-hybridized carbons (Fsp3) is 0.308. The van der Waals surface area contributed by atoms with E-state index in [1.807, 2.05) is 32.0 Å². The van der Waals surface area contributed by atoms with Crippen LogP contribution in [-0.2, 0) is 0 Å². The van der Waals surface area contributed by atoms with E-state index in [2.05, 4.69) is 5.16 Å². The highest BCUT2D eigenvalue weighted by atomic mass is 16.5. The molecule has 0 saturated heterocycles. The monoisotopic (exact) mass is 248 g/mol. The van der Waals surface area contributed by atoms with Gasteiger partial charge in [0, 0.05) is 0 Å². The lowest BCUT2D eigenvalue weighted by Crippen LogP contribution is -2.07. The van der Waals surface area contributed by atoms with Crippen LogP contribution >= 0.6 is 0 Å². The Morgan fingerprint density at radius 1 is 1.28 bits per heavy atom. The number of anilines is 1. The third-order valence-corrected chi connectivity index (χ3v) is 2.44. The van der Waals surface area contributed by atoms with Gasteiger partial charge in [0.2, 0.25) is 5.88 Å². The number of nitrogens with zero attached hydrogens (tertiary/aromatic N) is 1. The molecule has 2 N–H and O–H groups in total. The minimum Gasteiger partial charge on any atom is -0.496 e. The lowest BCUT2D eigenvalue weighted by molar-refractivity contribution is 0.242. The largest absolute Gasteiger partial charge is 0.496 e. The second-order valence-electron chi connectivity index (χ2n) is 4.10. The van der Waals surface area contributed by atoms with Crippen molar-refractivity contribution < 1.29 is 14.0 Å². The Labute approximate surface area is 105 Å². The molecule has 0 atom stereocenters. The Hall–Kier alpha value is -2.17. The SMILES string of the molecule is COc1cccc(OC(C)C)c1-c1cnoc1N. The second-order valence-corrected chi connectivity index (χ2v) is 4.10. The summed E-state index contributed by atoms with van der Waals surface area (Å²) in [5.41, 5.74) is 7.18. The number of hydrogen-bond donors (Lipinski definition) is 1. The lowest BCUT2D eigenvalue weighted by atomic mass is 10.1. The second kappa shape index (κ2) is 5.00. The maximum Gasteiger partial charge on any atom is 0.230 e. The Bertz CT molecular complexity index is 535. The zero-order chi connectivity index (χ0) is 13.1. The van der Waals surface area contributed by atoms with Crippen molar-refractivity contribution in [3.05, 3.63) is 24.4 Å². The summed E-state index contributed by atoms with van der Waals surface area (Å²) in [7, 11) is 1.60. The van der Waals surface area contributed by atoms with Gasteiger partial charge in [0.1, 0.15) is 11.5 Å². The van der Waals surface area contributed by atoms with Gasteiger partial charge >= 0.3 is 0 Å². The van der Waals surface area contributed by atoms with Crippen molar-refractivity contribution in [1.82, 2.24) is 5.16 Å². The summed E-state index contributed by atoms with van der Waals surface area (Å²) in [5.74, 6) is 1.61. The Morgan fingerprint density at radius 2 is 2.00 bits per heavy atom. The van der Waals surface area contributed by atoms with E-state index in [1.54, 1.807) is 13.3 Å². The zero-order valence-corrected chi connectivity index (χ0v) is 10.6. The lowest BCUT2D eigenvalue weighted by Gasteiger charge is -2.16. The predicted molar refractivity (Wildman–Crippen MR) is 68.7 cm³/mol. The van der Waals surface area contributed by atoms with E-state index in [-0.39, 0.29) is 12.0 Å². The normalized spacial score (nSPS) is 10.7. The Morgan fingerprint density at radius 3 is 2.56 bits per heavy atom. The van der Waals surface area contributed by atoms with Crippen LogP contribution in [0.2, 0.25) is 0 Å². The molecule has 0 amide bonds. The van der Waals surface area contributed by atoms with E-state index >= 15 is 0 Å². The molecule has 0 spiro atoms. The van der Waals surface area contributed by atoms with E-state index in [4.69, 9.17) is 19.7 Å². The number of hydrogen-bond acceptors (Lipinski definition) is 5. The first kappa shape index (κ1) is 12.3. The molecular weight excluding hydrogens is 232 g/mol. The first-order valence-corrected chi connectivity index (χ1v) is 5.67. The third kappa shape index (κ3) is 2.25. The fourth-order valence-corrected chi connectivity index (χ4v) is 1.74. The van der Waals surface area contributed by atoms with Gasteiger partial charge < -0.3 is 19.7 Å². The Kier molecular flexibility index (Phi) is 3.41. The van der Waals surface area contributed by atoms with Gasteiger partial charge in [-0.15, -0.1) is 0 Å². The van der Waals surface area contributed by atoms with Crippen molar-refractivity contribution in [3.63, 3.8) is 0 Å². The molecule has 0 fully saturated rings. The molecule has 1 heterocycles. The van der Waals surface area contributed by atoms with Gasteiger partial charge in [0.25, 0.3) is 0 Å². The highest BCUT2D eigenvalue weighted by molar-refractivity contribution is 5.82. The molecule has 0 aliphatic heterocycles. The molecule has 0 aliphatic carbocycles. The van der Waals surface area contributed by atoms with Crippen LogP contribution in [0.15, 0.2) is 28.9 Å². The fourth-order valence-electron chi connectivity index (χ4n) is 1.74. The van der Waals surface area contributed by atoms with Crippen molar-refractivity contribution in [1.29, 1.82) is 0 Å². The van der Waals surface area contributed by atoms with Crippen LogP contribution in [-0.4, -0.2) is 18.4 Å². The van der Waals surface area contributed by atoms with Crippen LogP contribution in [0.5, 0.6) is 11.5 Å². The molecule has 18 heavy (non-hydrogen) atoms. The topological polar surface area (TPSA) is 70.5 Å². The first-order valence-electron chi connectivity index (χ1n) is 5.67. The molecule has 0 bridgehead atoms. The number of nitrogens with two attached hydrogens (primary N) is 1. The van der Waals surface area contributed by atoms with Gasteiger partial charge in [0.15, 0.2) is 0 Å². The van der Waals surface area contributed by atoms with Gasteiger partial charge in [-0.25, -0.2) is 0 Å². The molecule has 0 unspecified atom stereocenters. The van der Waals surface area contributed by atoms with E-state index in [0.717, 1.165) is 5.56 Å². The number of ether oxygens (including phenoxy) is 2. The summed E-state index contributed by atoms with van der Waals surface area (Å²) >= 11 is 0. The van der Waals surface area contributed by atoms with Gasteiger partial charge in [0.05, 0.1) is 30.5 Å². The summed E-state index contributed by atoms with van der Waals surface area (Å²) in [6, 6.07) is 5.57. The Balaban J connectivity index is 2.58. The molecule has 2 rings (SSSR count). The van der Waals surface area contributed by atoms with E-state index in [1.165, 1.54) is 0 Å². The zero-order valence-electron chi connectivity index (χ0n) is 10.6. The van der Waals surface area contributed by atoms with Crippen molar-refractivity contribution in [3.8, 4) is 22.6 Å². The quantitative estimate of drug-likeness (QED) is 0.900. The van der Waals surface area contributed by atoms with Crippen molar-refractivity contribution in [2.24, 2.45) is 0 Å². The van der Waals surface area contributed by atoms with Crippen LogP contribution in [0.25, 0.3) is 11.1 Å². The van der Waals surface area contributed by atoms with Crippen LogP contribution in [0.3, 0.4) is 0 Å². The summed E-state index contributed by atoms with van der Waals surface area (Å²) in [4.78, 5) is 0. The number of methoxy groups -OCH3 is 1. The summed E-state index contributed by atoms with van der Waals surface area (Å²) < 4.78 is 16.0. The molecule has 1 aromatic carbocycles. The molecule has 96 valence electrons. The van der Waals surface area contributed by atoms with Crippen LogP contribution in [0.4, 0.5) is 5.88 Å². The number of rotatable bonds is 4. The number of aromatic nitrogens is 1. The van der Waals surface area contributed by atoms with Gasteiger partial charge in [-0.2, -0.15) is 0 Å². The summed E-state index contributed by atoms with van der Waals surface area (Å²) in [5, 5.41) is 3.68. The minimum absolute atomic E-state index is 0.0527. The summed E-state index contributed by atoms with van der Waals surface area (Å²) in [6.07, 6.45) is 1.61. The highest BCUT2D eigenvalue weighted by Crippen LogP contribution is 2.41. The van der Waals surface area contributed by atoms with Crippen molar-refractivity contribution >= 4 is 5.88 Å². The molecule has 5 nitrogen and oxygen atoms in total. The maximum absolute atomic E-state index is 5.76. The van der Waals surface area contributed by atoms with Crippen LogP contribution in [0.1, 0.15) is 13.8 Å². The van der Waals surface area contributed by atoms with E-state index in [0.29, 0.717) is 17.1 Å². The van der Waals surface area contributed by atoms with Gasteiger partial charge in [-0.1, -0.05) is 11.2 Å². The molecular formula is C13H16N2O3. The minimum atomic E-state index is 0.0527. The van der Waals surface area contributed by atoms with Gasteiger partial charge in [-0.3, -0.25) is 0 Å². The molecule has 2 aromatic rings. The van der Waals surface area contributed by atoms with E-state index in [9.17, 15) is 0 Å². The highest BCUT2D eigenvalue weighted by Gasteiger charge is 2.18. The van der Waals surface area contributed by atoms with Crippen molar-refractivity contribution in [2.45, 2.75) is 20.0 Å². The molecule has 1 aromatic heterocycles. The van der Waals surface area contributed by atoms with E-state index < -0.39 is 0 Å². The average molecular weight is 248 g/mol. The van der Waals surface area contributed by atoms with Crippen LogP contribution < -0.4 is 15.2 Å². The summed E-state index contributed by atoms with van der Waals surface area (Å²) in [6.45, 7) is 3.92. The van der Waals surface area contributed by atoms with Crippen LogP contribution in [0, 0.1) is 0 Å². The molecule has 0 radical (unpaired) electrons. The first-order chi connectivity index (χ1) is 8.63. The molecule has 0 aliphatic rings. The standard InChI is InChI=1S/C13H16N2O3/c1-8(2)17-11-6-4-5-10(16-3)12(11)9-7-15-18-13(9)14/h4-8H,14H2,1-3H3. The number of nitrogen functional groups attached to an aromatic ring is 1. The van der Waals surface area contributed by atoms with Gasteiger partial charge in [-0.05, 0) is 26.0 Å². The third-order valence-electron chi connectivity index (χ3n) is 2.44. The molecule has 5 heteroatoms. The molecule has 0 saturated carbocycles. The number of benzene rings is 1. The smallest absolute Gasteiger partial charge is 0.230 e.